The number of aromatic amines is 1. The van der Waals surface area contributed by atoms with E-state index in [0.717, 1.165) is 7.11 Å². The van der Waals surface area contributed by atoms with Crippen LogP contribution in [0.2, 0.25) is 0 Å². The SMILES string of the molecule is CO[C@H]1C(O)[C@@H](COP(=O)(O)OP(=O)(O)OP(=O)(O)O)O[C@H]1c1nc(C)c(=O)[nH]c1F. The molecule has 1 aliphatic heterocycles. The zero-order chi connectivity index (χ0) is 23.8. The first-order valence-electron chi connectivity index (χ1n) is 7.96. The molecule has 0 bridgehead atoms. The third-order valence-electron chi connectivity index (χ3n) is 3.76. The second-order valence-corrected chi connectivity index (χ2v) is 10.4. The lowest BCUT2D eigenvalue weighted by Crippen LogP contribution is -2.34. The minimum Gasteiger partial charge on any atom is -0.387 e. The molecule has 1 fully saturated rings. The van der Waals surface area contributed by atoms with E-state index in [1.54, 1.807) is 0 Å². The van der Waals surface area contributed by atoms with Crippen molar-refractivity contribution in [1.29, 1.82) is 0 Å². The summed E-state index contributed by atoms with van der Waals surface area (Å²) in [6.45, 7) is 0.285. The van der Waals surface area contributed by atoms with Crippen LogP contribution in [0.25, 0.3) is 0 Å². The second-order valence-electron chi connectivity index (χ2n) is 6.02. The number of rotatable bonds is 9. The van der Waals surface area contributed by atoms with Crippen LogP contribution in [0.1, 0.15) is 17.5 Å². The van der Waals surface area contributed by atoms with Gasteiger partial charge in [-0.2, -0.15) is 13.0 Å². The second kappa shape index (κ2) is 9.53. The van der Waals surface area contributed by atoms with Crippen molar-refractivity contribution in [2.45, 2.75) is 31.3 Å². The lowest BCUT2D eigenvalue weighted by molar-refractivity contribution is -0.0263. The Morgan fingerprint density at radius 1 is 1.16 bits per heavy atom. The molecule has 3 unspecified atom stereocenters. The van der Waals surface area contributed by atoms with Crippen LogP contribution in [0, 0.1) is 12.9 Å². The number of aliphatic hydroxyl groups is 1. The number of aromatic nitrogens is 2. The summed E-state index contributed by atoms with van der Waals surface area (Å²) in [4.78, 5) is 52.6. The summed E-state index contributed by atoms with van der Waals surface area (Å²) in [5.74, 6) is -1.18. The number of nitrogens with one attached hydrogen (secondary N) is 1. The Morgan fingerprint density at radius 3 is 2.32 bits per heavy atom. The molecule has 1 aromatic heterocycles. The van der Waals surface area contributed by atoms with Gasteiger partial charge in [-0.15, -0.1) is 0 Å². The third-order valence-corrected chi connectivity index (χ3v) is 7.56. The molecule has 20 heteroatoms. The van der Waals surface area contributed by atoms with Crippen LogP contribution in [-0.2, 0) is 36.3 Å². The number of H-pyrrole nitrogens is 1. The van der Waals surface area contributed by atoms with Crippen molar-refractivity contribution in [1.82, 2.24) is 9.97 Å². The highest BCUT2D eigenvalue weighted by molar-refractivity contribution is 7.66. The van der Waals surface area contributed by atoms with Crippen molar-refractivity contribution < 1.29 is 65.4 Å². The first-order valence-corrected chi connectivity index (χ1v) is 12.5. The smallest absolute Gasteiger partial charge is 0.387 e. The van der Waals surface area contributed by atoms with Crippen LogP contribution >= 0.6 is 23.5 Å². The fourth-order valence-corrected chi connectivity index (χ4v) is 5.58. The number of nitrogens with zero attached hydrogens (tertiary/aromatic N) is 1. The Kier molecular flexibility index (Phi) is 8.10. The molecule has 0 radical (unpaired) electrons. The topological polar surface area (TPSA) is 244 Å². The van der Waals surface area contributed by atoms with E-state index in [2.05, 4.69) is 18.1 Å². The molecule has 2 rings (SSSR count). The molecule has 0 spiro atoms. The molecule has 0 saturated carbocycles. The number of ether oxygens (including phenoxy) is 2. The van der Waals surface area contributed by atoms with Gasteiger partial charge in [0.05, 0.1) is 6.61 Å². The summed E-state index contributed by atoms with van der Waals surface area (Å²) in [7, 11) is -15.6. The summed E-state index contributed by atoms with van der Waals surface area (Å²) < 4.78 is 69.7. The predicted octanol–water partition coefficient (Wildman–Crippen LogP) is -0.623. The van der Waals surface area contributed by atoms with Crippen molar-refractivity contribution in [2.75, 3.05) is 13.7 Å². The van der Waals surface area contributed by atoms with Crippen molar-refractivity contribution in [3.63, 3.8) is 0 Å². The summed E-state index contributed by atoms with van der Waals surface area (Å²) in [6.07, 6.45) is -5.77. The predicted molar refractivity (Wildman–Crippen MR) is 93.8 cm³/mol. The molecule has 6 atom stereocenters. The van der Waals surface area contributed by atoms with Gasteiger partial charge in [-0.1, -0.05) is 0 Å². The zero-order valence-electron chi connectivity index (χ0n) is 15.6. The first-order chi connectivity index (χ1) is 14.1. The summed E-state index contributed by atoms with van der Waals surface area (Å²) in [5, 5.41) is 10.3. The van der Waals surface area contributed by atoms with Gasteiger partial charge in [-0.25, -0.2) is 18.7 Å². The normalized spacial score (nSPS) is 28.3. The summed E-state index contributed by atoms with van der Waals surface area (Å²) in [6, 6.07) is 0. The van der Waals surface area contributed by atoms with Crippen LogP contribution in [0.15, 0.2) is 4.79 Å². The molecule has 2 heterocycles. The molecule has 0 aliphatic carbocycles. The van der Waals surface area contributed by atoms with E-state index in [-0.39, 0.29) is 5.69 Å². The monoisotopic (exact) mass is 514 g/mol. The van der Waals surface area contributed by atoms with Crippen LogP contribution in [-0.4, -0.2) is 66.7 Å². The third kappa shape index (κ3) is 7.04. The van der Waals surface area contributed by atoms with E-state index < -0.39 is 71.7 Å². The number of phosphoric ester groups is 1. The minimum absolute atomic E-state index is 0.124. The van der Waals surface area contributed by atoms with E-state index >= 15 is 0 Å². The average molecular weight is 514 g/mol. The summed E-state index contributed by atoms with van der Waals surface area (Å²) >= 11 is 0. The Morgan fingerprint density at radius 2 is 1.77 bits per heavy atom. The number of phosphoric acid groups is 3. The molecule has 1 aromatic rings. The van der Waals surface area contributed by atoms with Crippen LogP contribution in [0.4, 0.5) is 4.39 Å². The largest absolute Gasteiger partial charge is 0.490 e. The van der Waals surface area contributed by atoms with Crippen molar-refractivity contribution in [3.8, 4) is 0 Å². The van der Waals surface area contributed by atoms with E-state index in [1.807, 2.05) is 4.98 Å². The van der Waals surface area contributed by atoms with E-state index in [4.69, 9.17) is 24.2 Å². The van der Waals surface area contributed by atoms with Gasteiger partial charge < -0.3 is 34.2 Å². The fraction of sp³-hybridized carbons (Fsp3) is 0.636. The minimum atomic E-state index is -5.73. The van der Waals surface area contributed by atoms with Crippen LogP contribution in [0.5, 0.6) is 0 Å². The van der Waals surface area contributed by atoms with Crippen molar-refractivity contribution in [2.24, 2.45) is 0 Å². The number of hydrogen-bond acceptors (Lipinski definition) is 11. The molecule has 1 saturated heterocycles. The molecule has 0 amide bonds. The number of halogens is 1. The maximum absolute atomic E-state index is 14.1. The average Bonchev–Trinajstić information content (AvgIpc) is 2.88. The maximum atomic E-state index is 14.1. The molecule has 0 aromatic carbocycles. The Labute approximate surface area is 172 Å². The van der Waals surface area contributed by atoms with Crippen molar-refractivity contribution in [3.05, 3.63) is 27.7 Å². The van der Waals surface area contributed by atoms with Gasteiger partial charge >= 0.3 is 23.5 Å². The Balaban J connectivity index is 2.13. The van der Waals surface area contributed by atoms with E-state index in [0.29, 0.717) is 0 Å². The van der Waals surface area contributed by atoms with Gasteiger partial charge in [0, 0.05) is 7.11 Å². The van der Waals surface area contributed by atoms with Crippen LogP contribution < -0.4 is 5.56 Å². The lowest BCUT2D eigenvalue weighted by atomic mass is 10.1. The van der Waals surface area contributed by atoms with E-state index in [1.165, 1.54) is 6.92 Å². The van der Waals surface area contributed by atoms with Gasteiger partial charge in [-0.05, 0) is 6.92 Å². The Bertz CT molecular complexity index is 1010. The fourth-order valence-electron chi connectivity index (χ4n) is 2.55. The highest BCUT2D eigenvalue weighted by Crippen LogP contribution is 2.66. The van der Waals surface area contributed by atoms with Gasteiger partial charge in [0.15, 0.2) is 0 Å². The van der Waals surface area contributed by atoms with Gasteiger partial charge in [0.2, 0.25) is 5.95 Å². The quantitative estimate of drug-likeness (QED) is 0.225. The lowest BCUT2D eigenvalue weighted by Gasteiger charge is -2.19. The molecule has 178 valence electrons. The number of hydrogen-bond donors (Lipinski definition) is 6. The molecular weight excluding hydrogens is 496 g/mol. The number of aryl methyl sites for hydroxylation is 1. The van der Waals surface area contributed by atoms with Gasteiger partial charge in [0.25, 0.3) is 5.56 Å². The Hall–Kier alpha value is -0.900. The highest BCUT2D eigenvalue weighted by Gasteiger charge is 2.48. The maximum Gasteiger partial charge on any atom is 0.490 e. The number of aliphatic hydroxyl groups excluding tert-OH is 1. The summed E-state index contributed by atoms with van der Waals surface area (Å²) in [5.41, 5.74) is -1.37. The molecular formula is C11H18FN2O14P3. The zero-order valence-corrected chi connectivity index (χ0v) is 18.3. The van der Waals surface area contributed by atoms with Crippen LogP contribution in [0.3, 0.4) is 0 Å². The standard InChI is InChI=1S/C11H18FN2O14P3/c1-4-11(16)14-10(12)6(13-4)8-9(24-2)7(15)5(26-8)3-25-30(20,21)28-31(22,23)27-29(17,18)19/h5,7-9,15H,3H2,1-2H3,(H,14,16)(H,20,21)(H,22,23)(H2,17,18,19)/t5-,7?,8+,9+/m1/s1. The molecule has 31 heavy (non-hydrogen) atoms. The van der Waals surface area contributed by atoms with E-state index in [9.17, 15) is 32.9 Å². The first kappa shape index (κ1) is 26.4. The molecule has 1 aliphatic rings. The molecule has 6 N–H and O–H groups in total. The number of methoxy groups -OCH3 is 1. The van der Waals surface area contributed by atoms with Gasteiger partial charge in [0.1, 0.15) is 35.8 Å². The van der Waals surface area contributed by atoms with Crippen molar-refractivity contribution >= 4 is 23.5 Å². The molecule has 16 nitrogen and oxygen atoms in total. The highest BCUT2D eigenvalue weighted by atomic mass is 31.3. The van der Waals surface area contributed by atoms with Gasteiger partial charge in [-0.3, -0.25) is 14.3 Å².